The van der Waals surface area contributed by atoms with Gasteiger partial charge in [0.2, 0.25) is 0 Å². The first-order chi connectivity index (χ1) is 7.66. The Morgan fingerprint density at radius 1 is 1.44 bits per heavy atom. The van der Waals surface area contributed by atoms with Crippen molar-refractivity contribution in [2.75, 3.05) is 5.73 Å². The SMILES string of the molecule is Nc1ccc([N+](=O)[O-])c(SC2CCCC2)n1. The van der Waals surface area contributed by atoms with Crippen molar-refractivity contribution in [3.63, 3.8) is 0 Å². The standard InChI is InChI=1S/C10H13N3O2S/c11-9-6-5-8(13(14)15)10(12-9)16-7-3-1-2-4-7/h5-7H,1-4H2,(H2,11,12). The minimum atomic E-state index is -0.399. The summed E-state index contributed by atoms with van der Waals surface area (Å²) in [5.74, 6) is 0.339. The molecule has 1 aliphatic carbocycles. The predicted molar refractivity (Wildman–Crippen MR) is 63.4 cm³/mol. The van der Waals surface area contributed by atoms with Crippen LogP contribution in [0.2, 0.25) is 0 Å². The first kappa shape index (κ1) is 11.2. The smallest absolute Gasteiger partial charge is 0.301 e. The van der Waals surface area contributed by atoms with E-state index in [1.807, 2.05) is 0 Å². The van der Waals surface area contributed by atoms with Gasteiger partial charge in [-0.05, 0) is 18.9 Å². The maximum atomic E-state index is 10.8. The second-order valence-corrected chi connectivity index (χ2v) is 5.13. The van der Waals surface area contributed by atoms with Crippen LogP contribution in [0.3, 0.4) is 0 Å². The molecule has 1 aromatic heterocycles. The molecule has 1 heterocycles. The number of hydrogen-bond acceptors (Lipinski definition) is 5. The van der Waals surface area contributed by atoms with Gasteiger partial charge in [0.15, 0.2) is 5.03 Å². The van der Waals surface area contributed by atoms with E-state index in [1.165, 1.54) is 36.7 Å². The Hall–Kier alpha value is -1.30. The van der Waals surface area contributed by atoms with Crippen LogP contribution in [0.1, 0.15) is 25.7 Å². The van der Waals surface area contributed by atoms with Crippen LogP contribution < -0.4 is 5.73 Å². The summed E-state index contributed by atoms with van der Waals surface area (Å²) in [6.07, 6.45) is 4.62. The van der Waals surface area contributed by atoms with Gasteiger partial charge in [0.1, 0.15) is 5.82 Å². The maximum absolute atomic E-state index is 10.8. The Kier molecular flexibility index (Phi) is 3.28. The molecular formula is C10H13N3O2S. The average molecular weight is 239 g/mol. The molecule has 1 aromatic rings. The number of rotatable bonds is 3. The molecule has 1 fully saturated rings. The van der Waals surface area contributed by atoms with E-state index in [-0.39, 0.29) is 5.69 Å². The van der Waals surface area contributed by atoms with Gasteiger partial charge in [-0.2, -0.15) is 0 Å². The van der Waals surface area contributed by atoms with Crippen molar-refractivity contribution in [3.8, 4) is 0 Å². The van der Waals surface area contributed by atoms with Crippen LogP contribution in [0.5, 0.6) is 0 Å². The van der Waals surface area contributed by atoms with Gasteiger partial charge in [-0.15, -0.1) is 0 Å². The van der Waals surface area contributed by atoms with Crippen molar-refractivity contribution in [2.24, 2.45) is 0 Å². The predicted octanol–water partition coefficient (Wildman–Crippen LogP) is 2.61. The minimum absolute atomic E-state index is 0.0612. The number of anilines is 1. The Morgan fingerprint density at radius 3 is 2.75 bits per heavy atom. The van der Waals surface area contributed by atoms with Crippen LogP contribution in [0.25, 0.3) is 0 Å². The average Bonchev–Trinajstić information content (AvgIpc) is 2.70. The van der Waals surface area contributed by atoms with Crippen molar-refractivity contribution >= 4 is 23.3 Å². The lowest BCUT2D eigenvalue weighted by atomic mass is 10.4. The molecule has 0 aliphatic heterocycles. The second kappa shape index (κ2) is 4.69. The normalized spacial score (nSPS) is 16.5. The van der Waals surface area contributed by atoms with E-state index in [1.54, 1.807) is 0 Å². The summed E-state index contributed by atoms with van der Waals surface area (Å²) in [4.78, 5) is 14.5. The minimum Gasteiger partial charge on any atom is -0.384 e. The number of thioether (sulfide) groups is 1. The van der Waals surface area contributed by atoms with E-state index < -0.39 is 4.92 Å². The third-order valence-corrected chi connectivity index (χ3v) is 3.97. The molecule has 2 rings (SSSR count). The molecule has 0 atom stereocenters. The molecule has 86 valence electrons. The fraction of sp³-hybridized carbons (Fsp3) is 0.500. The lowest BCUT2D eigenvalue weighted by Gasteiger charge is -2.08. The highest BCUT2D eigenvalue weighted by Gasteiger charge is 2.22. The van der Waals surface area contributed by atoms with Crippen LogP contribution in [-0.4, -0.2) is 15.2 Å². The molecule has 1 saturated carbocycles. The van der Waals surface area contributed by atoms with Gasteiger partial charge in [0, 0.05) is 11.3 Å². The number of nitrogen functional groups attached to an aromatic ring is 1. The van der Waals surface area contributed by atoms with E-state index in [0.717, 1.165) is 12.8 Å². The Morgan fingerprint density at radius 2 is 2.12 bits per heavy atom. The number of hydrogen-bond donors (Lipinski definition) is 1. The number of nitro groups is 1. The summed E-state index contributed by atoms with van der Waals surface area (Å²) >= 11 is 1.49. The van der Waals surface area contributed by atoms with E-state index >= 15 is 0 Å². The van der Waals surface area contributed by atoms with Gasteiger partial charge in [0.05, 0.1) is 4.92 Å². The summed E-state index contributed by atoms with van der Waals surface area (Å²) in [6, 6.07) is 2.90. The van der Waals surface area contributed by atoms with E-state index in [4.69, 9.17) is 5.73 Å². The summed E-state index contributed by atoms with van der Waals surface area (Å²) in [5, 5.41) is 11.7. The van der Waals surface area contributed by atoms with Crippen molar-refractivity contribution in [2.45, 2.75) is 36.0 Å². The van der Waals surface area contributed by atoms with Crippen LogP contribution in [0.15, 0.2) is 17.2 Å². The fourth-order valence-corrected chi connectivity index (χ4v) is 3.14. The Bertz CT molecular complexity index is 405. The van der Waals surface area contributed by atoms with Crippen molar-refractivity contribution in [3.05, 3.63) is 22.2 Å². The second-order valence-electron chi connectivity index (χ2n) is 3.84. The Labute approximate surface area is 97.6 Å². The largest absolute Gasteiger partial charge is 0.384 e. The molecule has 0 radical (unpaired) electrons. The zero-order valence-corrected chi connectivity index (χ0v) is 9.57. The molecule has 0 bridgehead atoms. The highest BCUT2D eigenvalue weighted by molar-refractivity contribution is 8.00. The van der Waals surface area contributed by atoms with Gasteiger partial charge in [-0.1, -0.05) is 24.6 Å². The van der Waals surface area contributed by atoms with E-state index in [9.17, 15) is 10.1 Å². The highest BCUT2D eigenvalue weighted by Crippen LogP contribution is 2.37. The molecule has 0 aromatic carbocycles. The zero-order chi connectivity index (χ0) is 11.5. The quantitative estimate of drug-likeness (QED) is 0.647. The summed E-state index contributed by atoms with van der Waals surface area (Å²) in [5.41, 5.74) is 5.62. The molecule has 16 heavy (non-hydrogen) atoms. The number of pyridine rings is 1. The molecular weight excluding hydrogens is 226 g/mol. The van der Waals surface area contributed by atoms with E-state index in [2.05, 4.69) is 4.98 Å². The van der Waals surface area contributed by atoms with Gasteiger partial charge >= 0.3 is 5.69 Å². The van der Waals surface area contributed by atoms with Gasteiger partial charge < -0.3 is 5.73 Å². The molecule has 0 saturated heterocycles. The molecule has 5 nitrogen and oxygen atoms in total. The van der Waals surface area contributed by atoms with Crippen LogP contribution >= 0.6 is 11.8 Å². The first-order valence-electron chi connectivity index (χ1n) is 5.24. The molecule has 0 unspecified atom stereocenters. The molecule has 6 heteroatoms. The summed E-state index contributed by atoms with van der Waals surface area (Å²) in [7, 11) is 0. The Balaban J connectivity index is 2.22. The van der Waals surface area contributed by atoms with Gasteiger partial charge in [-0.3, -0.25) is 10.1 Å². The number of nitrogens with zero attached hydrogens (tertiary/aromatic N) is 2. The first-order valence-corrected chi connectivity index (χ1v) is 6.12. The summed E-state index contributed by atoms with van der Waals surface area (Å²) < 4.78 is 0. The zero-order valence-electron chi connectivity index (χ0n) is 8.76. The van der Waals surface area contributed by atoms with Crippen molar-refractivity contribution in [1.82, 2.24) is 4.98 Å². The van der Waals surface area contributed by atoms with Gasteiger partial charge in [-0.25, -0.2) is 4.98 Å². The van der Waals surface area contributed by atoms with Crippen molar-refractivity contribution in [1.29, 1.82) is 0 Å². The third-order valence-electron chi connectivity index (χ3n) is 2.64. The molecule has 1 aliphatic rings. The summed E-state index contributed by atoms with van der Waals surface area (Å²) in [6.45, 7) is 0. The van der Waals surface area contributed by atoms with Crippen molar-refractivity contribution < 1.29 is 4.92 Å². The lowest BCUT2D eigenvalue weighted by Crippen LogP contribution is -2.01. The third kappa shape index (κ3) is 2.44. The lowest BCUT2D eigenvalue weighted by molar-refractivity contribution is -0.388. The van der Waals surface area contributed by atoms with Gasteiger partial charge in [0.25, 0.3) is 0 Å². The monoisotopic (exact) mass is 239 g/mol. The van der Waals surface area contributed by atoms with Crippen LogP contribution in [0, 0.1) is 10.1 Å². The van der Waals surface area contributed by atoms with Crippen LogP contribution in [-0.2, 0) is 0 Å². The molecule has 0 spiro atoms. The topological polar surface area (TPSA) is 82.0 Å². The fourth-order valence-electron chi connectivity index (χ4n) is 1.84. The highest BCUT2D eigenvalue weighted by atomic mass is 32.2. The maximum Gasteiger partial charge on any atom is 0.301 e. The number of nitrogens with two attached hydrogens (primary N) is 1. The van der Waals surface area contributed by atoms with Crippen LogP contribution in [0.4, 0.5) is 11.5 Å². The van der Waals surface area contributed by atoms with E-state index in [0.29, 0.717) is 16.1 Å². The number of aromatic nitrogens is 1. The molecule has 2 N–H and O–H groups in total. The molecule has 0 amide bonds.